The van der Waals surface area contributed by atoms with E-state index in [9.17, 15) is 9.90 Å². The number of rotatable bonds is 4. The number of carbonyl (C=O) groups is 1. The fourth-order valence-electron chi connectivity index (χ4n) is 4.39. The van der Waals surface area contributed by atoms with E-state index in [1.165, 1.54) is 11.1 Å². The zero-order chi connectivity index (χ0) is 17.3. The van der Waals surface area contributed by atoms with Crippen LogP contribution >= 0.6 is 0 Å². The fourth-order valence-corrected chi connectivity index (χ4v) is 4.39. The number of hydrogen-bond acceptors (Lipinski definition) is 3. The number of benzene rings is 2. The molecule has 1 unspecified atom stereocenters. The highest BCUT2D eigenvalue weighted by Crippen LogP contribution is 2.51. The number of carboxylic acids is 1. The van der Waals surface area contributed by atoms with E-state index >= 15 is 0 Å². The summed E-state index contributed by atoms with van der Waals surface area (Å²) >= 11 is 0. The van der Waals surface area contributed by atoms with E-state index in [4.69, 9.17) is 4.74 Å². The molecule has 1 aliphatic carbocycles. The van der Waals surface area contributed by atoms with Crippen molar-refractivity contribution in [2.24, 2.45) is 5.41 Å². The van der Waals surface area contributed by atoms with Gasteiger partial charge >= 0.3 is 5.97 Å². The van der Waals surface area contributed by atoms with Crippen LogP contribution in [0.1, 0.15) is 45.9 Å². The van der Waals surface area contributed by atoms with Crippen LogP contribution in [-0.4, -0.2) is 24.3 Å². The van der Waals surface area contributed by atoms with Gasteiger partial charge < -0.3 is 15.2 Å². The lowest BCUT2D eigenvalue weighted by Gasteiger charge is -2.39. The Morgan fingerprint density at radius 2 is 1.96 bits per heavy atom. The predicted molar refractivity (Wildman–Crippen MR) is 95.6 cm³/mol. The van der Waals surface area contributed by atoms with Gasteiger partial charge in [0.1, 0.15) is 0 Å². The molecule has 0 amide bonds. The van der Waals surface area contributed by atoms with E-state index in [1.54, 1.807) is 12.1 Å². The Kier molecular flexibility index (Phi) is 4.32. The molecule has 1 fully saturated rings. The van der Waals surface area contributed by atoms with Crippen LogP contribution in [0.5, 0.6) is 0 Å². The topological polar surface area (TPSA) is 58.6 Å². The van der Waals surface area contributed by atoms with Crippen LogP contribution in [0.4, 0.5) is 0 Å². The number of nitrogens with one attached hydrogen (secondary N) is 1. The van der Waals surface area contributed by atoms with Crippen molar-refractivity contribution in [3.05, 3.63) is 70.8 Å². The fraction of sp³-hybridized carbons (Fsp3) is 0.381. The molecule has 130 valence electrons. The molecule has 1 heterocycles. The Morgan fingerprint density at radius 3 is 2.76 bits per heavy atom. The molecule has 2 aromatic carbocycles. The minimum absolute atomic E-state index is 0.215. The highest BCUT2D eigenvalue weighted by atomic mass is 16.5. The van der Waals surface area contributed by atoms with Gasteiger partial charge in [-0.15, -0.1) is 0 Å². The second-order valence-corrected chi connectivity index (χ2v) is 7.17. The third-order valence-corrected chi connectivity index (χ3v) is 5.69. The largest absolute Gasteiger partial charge is 0.478 e. The molecule has 4 heteroatoms. The lowest BCUT2D eigenvalue weighted by Crippen LogP contribution is -2.39. The molecule has 2 aromatic rings. The molecule has 1 saturated heterocycles. The SMILES string of the molecule is O=C(O)c1cccc(CNC2c3ccccc3CC23CCOCC3)c1. The Labute approximate surface area is 147 Å². The Morgan fingerprint density at radius 1 is 1.16 bits per heavy atom. The van der Waals surface area contributed by atoms with Gasteiger partial charge in [0.05, 0.1) is 5.56 Å². The van der Waals surface area contributed by atoms with Gasteiger partial charge in [0.25, 0.3) is 0 Å². The molecular weight excluding hydrogens is 314 g/mol. The average Bonchev–Trinajstić information content (AvgIpc) is 2.93. The quantitative estimate of drug-likeness (QED) is 0.895. The lowest BCUT2D eigenvalue weighted by atomic mass is 9.74. The van der Waals surface area contributed by atoms with Crippen LogP contribution in [0.3, 0.4) is 0 Å². The highest BCUT2D eigenvalue weighted by Gasteiger charge is 2.46. The average molecular weight is 337 g/mol. The molecule has 0 saturated carbocycles. The Hall–Kier alpha value is -2.17. The summed E-state index contributed by atoms with van der Waals surface area (Å²) in [6, 6.07) is 16.2. The number of aromatic carboxylic acids is 1. The second kappa shape index (κ2) is 6.62. The van der Waals surface area contributed by atoms with Crippen molar-refractivity contribution in [1.29, 1.82) is 0 Å². The van der Waals surface area contributed by atoms with Crippen LogP contribution < -0.4 is 5.32 Å². The van der Waals surface area contributed by atoms with Gasteiger partial charge in [0.2, 0.25) is 0 Å². The van der Waals surface area contributed by atoms with Crippen LogP contribution in [0.15, 0.2) is 48.5 Å². The normalized spacial score (nSPS) is 21.2. The summed E-state index contributed by atoms with van der Waals surface area (Å²) in [6.07, 6.45) is 3.22. The van der Waals surface area contributed by atoms with Crippen molar-refractivity contribution in [3.8, 4) is 0 Å². The first-order valence-corrected chi connectivity index (χ1v) is 8.89. The van der Waals surface area contributed by atoms with Crippen molar-refractivity contribution in [2.75, 3.05) is 13.2 Å². The molecule has 0 aromatic heterocycles. The molecule has 1 atom stereocenters. The van der Waals surface area contributed by atoms with Crippen molar-refractivity contribution in [3.63, 3.8) is 0 Å². The predicted octanol–water partition coefficient (Wildman–Crippen LogP) is 3.57. The first-order valence-electron chi connectivity index (χ1n) is 8.89. The van der Waals surface area contributed by atoms with Crippen LogP contribution in [0.2, 0.25) is 0 Å². The summed E-state index contributed by atoms with van der Waals surface area (Å²) in [5.74, 6) is -0.881. The first-order chi connectivity index (χ1) is 12.2. The summed E-state index contributed by atoms with van der Waals surface area (Å²) in [7, 11) is 0. The third kappa shape index (κ3) is 3.08. The molecule has 4 rings (SSSR count). The van der Waals surface area contributed by atoms with Gasteiger partial charge in [0.15, 0.2) is 0 Å². The Bertz CT molecular complexity index is 780. The number of hydrogen-bond donors (Lipinski definition) is 2. The summed E-state index contributed by atoms with van der Waals surface area (Å²) in [4.78, 5) is 11.2. The molecule has 0 radical (unpaired) electrons. The highest BCUT2D eigenvalue weighted by molar-refractivity contribution is 5.87. The number of carboxylic acid groups (broad SMARTS) is 1. The zero-order valence-corrected chi connectivity index (χ0v) is 14.2. The van der Waals surface area contributed by atoms with Crippen molar-refractivity contribution in [1.82, 2.24) is 5.32 Å². The standard InChI is InChI=1S/C21H23NO3/c23-20(24)16-6-3-4-15(12-16)14-22-19-18-7-2-1-5-17(18)13-21(19)8-10-25-11-9-21/h1-7,12,19,22H,8-11,13-14H2,(H,23,24). The zero-order valence-electron chi connectivity index (χ0n) is 14.2. The van der Waals surface area contributed by atoms with E-state index < -0.39 is 5.97 Å². The smallest absolute Gasteiger partial charge is 0.335 e. The van der Waals surface area contributed by atoms with E-state index in [2.05, 4.69) is 29.6 Å². The third-order valence-electron chi connectivity index (χ3n) is 5.69. The summed E-state index contributed by atoms with van der Waals surface area (Å²) in [6.45, 7) is 2.31. The van der Waals surface area contributed by atoms with E-state index in [0.717, 1.165) is 38.0 Å². The minimum atomic E-state index is -0.881. The first kappa shape index (κ1) is 16.3. The molecule has 4 nitrogen and oxygen atoms in total. The van der Waals surface area contributed by atoms with Gasteiger partial charge in [-0.05, 0) is 53.5 Å². The van der Waals surface area contributed by atoms with Crippen molar-refractivity contribution >= 4 is 5.97 Å². The monoisotopic (exact) mass is 337 g/mol. The van der Waals surface area contributed by atoms with E-state index in [1.807, 2.05) is 12.1 Å². The molecule has 2 N–H and O–H groups in total. The van der Waals surface area contributed by atoms with Crippen molar-refractivity contribution < 1.29 is 14.6 Å². The second-order valence-electron chi connectivity index (χ2n) is 7.17. The molecule has 1 aliphatic heterocycles. The summed E-state index contributed by atoms with van der Waals surface area (Å²) in [5.41, 5.74) is 4.38. The molecule has 1 spiro atoms. The summed E-state index contributed by atoms with van der Waals surface area (Å²) < 4.78 is 5.62. The van der Waals surface area contributed by atoms with Crippen molar-refractivity contribution in [2.45, 2.75) is 31.8 Å². The number of fused-ring (bicyclic) bond motifs is 1. The molecule has 2 aliphatic rings. The van der Waals surface area contributed by atoms with E-state index in [-0.39, 0.29) is 5.41 Å². The molecule has 0 bridgehead atoms. The minimum Gasteiger partial charge on any atom is -0.478 e. The maximum atomic E-state index is 11.2. The maximum absolute atomic E-state index is 11.2. The van der Waals surface area contributed by atoms with E-state index in [0.29, 0.717) is 18.2 Å². The lowest BCUT2D eigenvalue weighted by molar-refractivity contribution is -0.000231. The summed E-state index contributed by atoms with van der Waals surface area (Å²) in [5, 5.41) is 12.9. The maximum Gasteiger partial charge on any atom is 0.335 e. The Balaban J connectivity index is 1.58. The van der Waals surface area contributed by atoms with Gasteiger partial charge in [0, 0.05) is 25.8 Å². The van der Waals surface area contributed by atoms with Gasteiger partial charge in [-0.2, -0.15) is 0 Å². The van der Waals surface area contributed by atoms with Gasteiger partial charge in [-0.1, -0.05) is 36.4 Å². The van der Waals surface area contributed by atoms with Crippen LogP contribution in [0.25, 0.3) is 0 Å². The molecular formula is C21H23NO3. The van der Waals surface area contributed by atoms with Crippen LogP contribution in [0, 0.1) is 5.41 Å². The van der Waals surface area contributed by atoms with Gasteiger partial charge in [-0.3, -0.25) is 0 Å². The van der Waals surface area contributed by atoms with Gasteiger partial charge in [-0.25, -0.2) is 4.79 Å². The van der Waals surface area contributed by atoms with Crippen LogP contribution in [-0.2, 0) is 17.7 Å². The number of ether oxygens (including phenoxy) is 1. The molecule has 25 heavy (non-hydrogen) atoms.